The van der Waals surface area contributed by atoms with Crippen LogP contribution in [0.5, 0.6) is 17.2 Å². The monoisotopic (exact) mass is 489 g/mol. The summed E-state index contributed by atoms with van der Waals surface area (Å²) in [6, 6.07) is 10.7. The van der Waals surface area contributed by atoms with Gasteiger partial charge in [-0.2, -0.15) is 4.31 Å². The van der Waals surface area contributed by atoms with E-state index < -0.39 is 10.0 Å². The number of likely N-dealkylation sites (N-methyl/N-ethyl adjacent to an activating group) is 1. The number of hydrogen-bond donors (Lipinski definition) is 0. The Morgan fingerprint density at radius 2 is 1.79 bits per heavy atom. The van der Waals surface area contributed by atoms with Crippen molar-refractivity contribution >= 4 is 15.9 Å². The predicted molar refractivity (Wildman–Crippen MR) is 127 cm³/mol. The Kier molecular flexibility index (Phi) is 7.30. The van der Waals surface area contributed by atoms with E-state index in [1.165, 1.54) is 13.1 Å². The van der Waals surface area contributed by atoms with Crippen molar-refractivity contribution in [3.63, 3.8) is 0 Å². The molecule has 1 amide bonds. The van der Waals surface area contributed by atoms with Gasteiger partial charge in [-0.15, -0.1) is 0 Å². The Balaban J connectivity index is 1.30. The summed E-state index contributed by atoms with van der Waals surface area (Å²) in [5.41, 5.74) is 1.86. The Labute approximate surface area is 200 Å². The molecule has 10 heteroatoms. The fourth-order valence-corrected chi connectivity index (χ4v) is 5.31. The van der Waals surface area contributed by atoms with E-state index in [-0.39, 0.29) is 24.1 Å². The van der Waals surface area contributed by atoms with Gasteiger partial charge in [0.05, 0.1) is 18.0 Å². The lowest BCUT2D eigenvalue weighted by molar-refractivity contribution is -0.133. The zero-order chi connectivity index (χ0) is 24.3. The van der Waals surface area contributed by atoms with E-state index in [1.54, 1.807) is 24.0 Å². The molecule has 0 radical (unpaired) electrons. The molecule has 1 fully saturated rings. The number of ether oxygens (including phenoxy) is 3. The van der Waals surface area contributed by atoms with E-state index in [0.29, 0.717) is 38.5 Å². The van der Waals surface area contributed by atoms with Crippen molar-refractivity contribution < 1.29 is 27.4 Å². The number of fused-ring (bicyclic) bond motifs is 1. The third kappa shape index (κ3) is 5.29. The van der Waals surface area contributed by atoms with E-state index in [4.69, 9.17) is 14.2 Å². The molecule has 184 valence electrons. The highest BCUT2D eigenvalue weighted by Crippen LogP contribution is 2.33. The topological polar surface area (TPSA) is 88.6 Å². The summed E-state index contributed by atoms with van der Waals surface area (Å²) in [4.78, 5) is 17.0. The van der Waals surface area contributed by atoms with Gasteiger partial charge in [0.2, 0.25) is 22.7 Å². The summed E-state index contributed by atoms with van der Waals surface area (Å²) in [6.45, 7) is 7.54. The third-order valence-corrected chi connectivity index (χ3v) is 7.88. The Morgan fingerprint density at radius 3 is 2.50 bits per heavy atom. The van der Waals surface area contributed by atoms with Gasteiger partial charge < -0.3 is 19.1 Å². The minimum atomic E-state index is -3.79. The molecular formula is C24H31N3O6S. The summed E-state index contributed by atoms with van der Waals surface area (Å²) >= 11 is 0. The van der Waals surface area contributed by atoms with Crippen LogP contribution in [-0.4, -0.2) is 81.6 Å². The molecule has 0 spiro atoms. The normalized spacial score (nSPS) is 16.2. The largest absolute Gasteiger partial charge is 0.494 e. The van der Waals surface area contributed by atoms with E-state index in [0.717, 1.165) is 33.5 Å². The summed E-state index contributed by atoms with van der Waals surface area (Å²) in [5.74, 6) is 1.98. The number of nitrogens with zero attached hydrogens (tertiary/aromatic N) is 3. The molecule has 0 atom stereocenters. The lowest BCUT2D eigenvalue weighted by Crippen LogP contribution is -2.51. The number of amides is 1. The van der Waals surface area contributed by atoms with Gasteiger partial charge in [0.1, 0.15) is 5.75 Å². The summed E-state index contributed by atoms with van der Waals surface area (Å²) in [7, 11) is -2.35. The van der Waals surface area contributed by atoms with Crippen molar-refractivity contribution in [2.45, 2.75) is 25.3 Å². The minimum Gasteiger partial charge on any atom is -0.494 e. The fourth-order valence-electron chi connectivity index (χ4n) is 4.11. The van der Waals surface area contributed by atoms with Crippen LogP contribution in [0.3, 0.4) is 0 Å². The van der Waals surface area contributed by atoms with Gasteiger partial charge in [-0.1, -0.05) is 6.07 Å². The Morgan fingerprint density at radius 1 is 1.06 bits per heavy atom. The summed E-state index contributed by atoms with van der Waals surface area (Å²) in [6.07, 6.45) is 0. The molecule has 0 bridgehead atoms. The molecule has 0 aliphatic carbocycles. The first-order valence-corrected chi connectivity index (χ1v) is 12.8. The standard InChI is InChI=1S/C24H31N3O6S/c1-4-31-21-8-6-20(13-18(21)2)34(29,30)25(3)16-24(28)27-11-9-26(10-12-27)15-19-5-7-22-23(14-19)33-17-32-22/h5-8,13-14H,4,9-12,15-17H2,1-3H3. The number of piperazine rings is 1. The third-order valence-electron chi connectivity index (χ3n) is 6.08. The highest BCUT2D eigenvalue weighted by molar-refractivity contribution is 7.89. The van der Waals surface area contributed by atoms with Crippen LogP contribution < -0.4 is 14.2 Å². The Bertz CT molecular complexity index is 1150. The first-order valence-electron chi connectivity index (χ1n) is 11.4. The van der Waals surface area contributed by atoms with Crippen LogP contribution in [0.2, 0.25) is 0 Å². The van der Waals surface area contributed by atoms with Gasteiger partial charge in [-0.3, -0.25) is 9.69 Å². The van der Waals surface area contributed by atoms with Crippen LogP contribution in [-0.2, 0) is 21.4 Å². The molecule has 9 nitrogen and oxygen atoms in total. The van der Waals surface area contributed by atoms with Gasteiger partial charge in [0.25, 0.3) is 0 Å². The zero-order valence-corrected chi connectivity index (χ0v) is 20.6. The number of benzene rings is 2. The highest BCUT2D eigenvalue weighted by Gasteiger charge is 2.28. The maximum Gasteiger partial charge on any atom is 0.243 e. The molecule has 2 aliphatic rings. The van der Waals surface area contributed by atoms with Gasteiger partial charge in [0, 0.05) is 39.8 Å². The molecule has 0 aromatic heterocycles. The lowest BCUT2D eigenvalue weighted by atomic mass is 10.1. The number of carbonyl (C=O) groups excluding carboxylic acids is 1. The molecule has 34 heavy (non-hydrogen) atoms. The summed E-state index contributed by atoms with van der Waals surface area (Å²) in [5, 5.41) is 0. The van der Waals surface area contributed by atoms with Crippen molar-refractivity contribution in [3.05, 3.63) is 47.5 Å². The van der Waals surface area contributed by atoms with Gasteiger partial charge in [0.15, 0.2) is 11.5 Å². The molecule has 2 heterocycles. The Hall–Kier alpha value is -2.82. The smallest absolute Gasteiger partial charge is 0.243 e. The molecule has 2 aromatic carbocycles. The molecule has 0 N–H and O–H groups in total. The van der Waals surface area contributed by atoms with Crippen LogP contribution in [0.4, 0.5) is 0 Å². The second-order valence-corrected chi connectivity index (χ2v) is 10.5. The maximum atomic E-state index is 13.0. The number of carbonyl (C=O) groups is 1. The summed E-state index contributed by atoms with van der Waals surface area (Å²) < 4.78 is 43.4. The second kappa shape index (κ2) is 10.2. The number of aryl methyl sites for hydroxylation is 1. The highest BCUT2D eigenvalue weighted by atomic mass is 32.2. The van der Waals surface area contributed by atoms with Gasteiger partial charge >= 0.3 is 0 Å². The van der Waals surface area contributed by atoms with Crippen LogP contribution in [0.25, 0.3) is 0 Å². The van der Waals surface area contributed by atoms with Gasteiger partial charge in [-0.05, 0) is 55.3 Å². The molecule has 0 unspecified atom stereocenters. The quantitative estimate of drug-likeness (QED) is 0.561. The first-order chi connectivity index (χ1) is 16.3. The average Bonchev–Trinajstić information content (AvgIpc) is 3.29. The van der Waals surface area contributed by atoms with Crippen LogP contribution in [0.1, 0.15) is 18.1 Å². The fraction of sp³-hybridized carbons (Fsp3) is 0.458. The van der Waals surface area contributed by atoms with E-state index in [2.05, 4.69) is 4.90 Å². The van der Waals surface area contributed by atoms with E-state index in [1.807, 2.05) is 25.1 Å². The zero-order valence-electron chi connectivity index (χ0n) is 19.8. The van der Waals surface area contributed by atoms with E-state index >= 15 is 0 Å². The number of sulfonamides is 1. The second-order valence-electron chi connectivity index (χ2n) is 8.47. The SMILES string of the molecule is CCOc1ccc(S(=O)(=O)N(C)CC(=O)N2CCN(Cc3ccc4c(c3)OCO4)CC2)cc1C. The van der Waals surface area contributed by atoms with Crippen molar-refractivity contribution in [2.24, 2.45) is 0 Å². The van der Waals surface area contributed by atoms with Crippen LogP contribution in [0, 0.1) is 6.92 Å². The molecule has 2 aliphatic heterocycles. The number of hydrogen-bond acceptors (Lipinski definition) is 7. The minimum absolute atomic E-state index is 0.150. The van der Waals surface area contributed by atoms with Crippen molar-refractivity contribution in [1.82, 2.24) is 14.1 Å². The van der Waals surface area contributed by atoms with E-state index in [9.17, 15) is 13.2 Å². The maximum absolute atomic E-state index is 13.0. The molecule has 1 saturated heterocycles. The van der Waals surface area contributed by atoms with Crippen LogP contribution in [0.15, 0.2) is 41.3 Å². The van der Waals surface area contributed by atoms with Crippen molar-refractivity contribution in [2.75, 3.05) is 53.2 Å². The van der Waals surface area contributed by atoms with Gasteiger partial charge in [-0.25, -0.2) is 8.42 Å². The molecular weight excluding hydrogens is 458 g/mol. The lowest BCUT2D eigenvalue weighted by Gasteiger charge is -2.35. The molecule has 4 rings (SSSR count). The predicted octanol–water partition coefficient (Wildman–Crippen LogP) is 2.09. The molecule has 0 saturated carbocycles. The molecule has 2 aromatic rings. The average molecular weight is 490 g/mol. The van der Waals surface area contributed by atoms with Crippen molar-refractivity contribution in [3.8, 4) is 17.2 Å². The number of rotatable bonds is 8. The first kappa shape index (κ1) is 24.3. The van der Waals surface area contributed by atoms with Crippen LogP contribution >= 0.6 is 0 Å². The van der Waals surface area contributed by atoms with Crippen molar-refractivity contribution in [1.29, 1.82) is 0 Å².